The second-order valence-corrected chi connectivity index (χ2v) is 11.3. The van der Waals surface area contributed by atoms with Crippen molar-refractivity contribution >= 4 is 20.0 Å². The lowest BCUT2D eigenvalue weighted by Crippen LogP contribution is -2.33. The van der Waals surface area contributed by atoms with Crippen LogP contribution >= 0.6 is 0 Å². The van der Waals surface area contributed by atoms with Gasteiger partial charge in [-0.25, -0.2) is 16.8 Å². The zero-order valence-corrected chi connectivity index (χ0v) is 21.1. The predicted octanol–water partition coefficient (Wildman–Crippen LogP) is 2.93. The van der Waals surface area contributed by atoms with E-state index in [2.05, 4.69) is 23.7 Å². The summed E-state index contributed by atoms with van der Waals surface area (Å²) in [4.78, 5) is 0.245. The van der Waals surface area contributed by atoms with Crippen molar-refractivity contribution < 1.29 is 16.8 Å². The summed E-state index contributed by atoms with van der Waals surface area (Å²) >= 11 is 0. The molecule has 0 amide bonds. The molecule has 9 heteroatoms. The highest BCUT2D eigenvalue weighted by Gasteiger charge is 2.24. The maximum Gasteiger partial charge on any atom is 0.244 e. The molecule has 0 aliphatic rings. The van der Waals surface area contributed by atoms with E-state index in [1.54, 1.807) is 31.2 Å². The van der Waals surface area contributed by atoms with Gasteiger partial charge in [-0.05, 0) is 45.0 Å². The Morgan fingerprint density at radius 1 is 0.706 bits per heavy atom. The van der Waals surface area contributed by atoms with Crippen LogP contribution in [0.2, 0.25) is 0 Å². The molecule has 0 saturated carbocycles. The highest BCUT2D eigenvalue weighted by molar-refractivity contribution is 7.89. The van der Waals surface area contributed by atoms with Crippen LogP contribution < -0.4 is 0 Å². The van der Waals surface area contributed by atoms with E-state index in [1.807, 2.05) is 19.9 Å². The molecule has 0 N–H and O–H groups in total. The number of hydrogen-bond donors (Lipinski definition) is 0. The van der Waals surface area contributed by atoms with Crippen molar-refractivity contribution in [2.24, 2.45) is 0 Å². The quantitative estimate of drug-likeness (QED) is 0.496. The Morgan fingerprint density at radius 2 is 1.12 bits per heavy atom. The molecule has 178 valence electrons. The summed E-state index contributed by atoms with van der Waals surface area (Å²) in [7, 11) is -7.68. The monoisotopic (exact) mass is 497 g/mol. The van der Waals surface area contributed by atoms with Crippen molar-refractivity contribution in [2.45, 2.75) is 37.0 Å². The molecule has 0 aromatic heterocycles. The molecule has 0 unspecified atom stereocenters. The summed E-state index contributed by atoms with van der Waals surface area (Å²) in [5.41, 5.74) is 1.86. The van der Waals surface area contributed by atoms with Crippen molar-refractivity contribution in [2.75, 3.05) is 26.2 Å². The maximum atomic E-state index is 13.0. The third kappa shape index (κ3) is 7.18. The Bertz CT molecular complexity index is 1350. The minimum Gasteiger partial charge on any atom is -0.207 e. The van der Waals surface area contributed by atoms with Gasteiger partial charge in [0.1, 0.15) is 0 Å². The van der Waals surface area contributed by atoms with Gasteiger partial charge in [0.15, 0.2) is 0 Å². The molecule has 2 aromatic carbocycles. The van der Waals surface area contributed by atoms with E-state index in [1.165, 1.54) is 24.3 Å². The van der Waals surface area contributed by atoms with Crippen LogP contribution in [0, 0.1) is 48.9 Å². The lowest BCUT2D eigenvalue weighted by molar-refractivity contribution is 0.452. The van der Waals surface area contributed by atoms with Gasteiger partial charge in [-0.15, -0.1) is 5.92 Å². The van der Waals surface area contributed by atoms with Crippen LogP contribution in [0.15, 0.2) is 58.3 Å². The molecule has 0 radical (unpaired) electrons. The van der Waals surface area contributed by atoms with Gasteiger partial charge in [-0.1, -0.05) is 53.2 Å². The molecule has 2 aromatic rings. The van der Waals surface area contributed by atoms with Crippen LogP contribution in [0.4, 0.5) is 0 Å². The molecule has 0 bridgehead atoms. The molecule has 0 aliphatic carbocycles. The van der Waals surface area contributed by atoms with Crippen molar-refractivity contribution in [1.82, 2.24) is 8.61 Å². The van der Waals surface area contributed by atoms with Gasteiger partial charge in [0, 0.05) is 13.0 Å². The van der Waals surface area contributed by atoms with Gasteiger partial charge in [0.05, 0.1) is 35.5 Å². The number of benzene rings is 2. The number of rotatable bonds is 9. The van der Waals surface area contributed by atoms with Crippen LogP contribution in [0.5, 0.6) is 0 Å². The zero-order chi connectivity index (χ0) is 25.2. The summed E-state index contributed by atoms with van der Waals surface area (Å²) < 4.78 is 54.4. The van der Waals surface area contributed by atoms with Crippen molar-refractivity contribution in [3.05, 3.63) is 59.7 Å². The molecule has 0 atom stereocenters. The second kappa shape index (κ2) is 12.4. The van der Waals surface area contributed by atoms with Gasteiger partial charge >= 0.3 is 0 Å². The summed E-state index contributed by atoms with van der Waals surface area (Å²) in [6.07, 6.45) is 0.00674. The predicted molar refractivity (Wildman–Crippen MR) is 131 cm³/mol. The van der Waals surface area contributed by atoms with Gasteiger partial charge in [0.25, 0.3) is 0 Å². The van der Waals surface area contributed by atoms with Gasteiger partial charge in [0.2, 0.25) is 20.0 Å². The van der Waals surface area contributed by atoms with Crippen molar-refractivity contribution in [3.63, 3.8) is 0 Å². The Labute approximate surface area is 203 Å². The van der Waals surface area contributed by atoms with Gasteiger partial charge in [-0.2, -0.15) is 13.9 Å². The average molecular weight is 498 g/mol. The van der Waals surface area contributed by atoms with E-state index in [4.69, 9.17) is 5.26 Å². The van der Waals surface area contributed by atoms with Crippen LogP contribution in [0.25, 0.3) is 0 Å². The molecule has 0 saturated heterocycles. The minimum atomic E-state index is -3.85. The minimum absolute atomic E-state index is 0.00674. The molecular weight excluding hydrogens is 470 g/mol. The number of aryl methyl sites for hydroxylation is 2. The van der Waals surface area contributed by atoms with Crippen LogP contribution in [0.1, 0.15) is 24.5 Å². The third-order valence-electron chi connectivity index (χ3n) is 4.86. The Hall–Kier alpha value is -3.13. The number of hydrogen-bond acceptors (Lipinski definition) is 5. The standard InChI is InChI=1S/C25H27N3O4S2/c1-4-5-18-27(33(29,30)24-13-9-22(2)10-14-24)19-6-7-20-28(21-8-17-26)34(31,32)25-15-11-23(3)12-16-25/h9-16H,8,18-21H2,1-3H3. The normalized spacial score (nSPS) is 11.3. The highest BCUT2D eigenvalue weighted by Crippen LogP contribution is 2.17. The van der Waals surface area contributed by atoms with E-state index >= 15 is 0 Å². The first-order chi connectivity index (χ1) is 16.1. The van der Waals surface area contributed by atoms with Crippen LogP contribution in [-0.4, -0.2) is 51.6 Å². The molecular formula is C25H27N3O4S2. The second-order valence-electron chi connectivity index (χ2n) is 7.43. The zero-order valence-electron chi connectivity index (χ0n) is 19.4. The first-order valence-corrected chi connectivity index (χ1v) is 13.4. The Morgan fingerprint density at radius 3 is 1.56 bits per heavy atom. The lowest BCUT2D eigenvalue weighted by Gasteiger charge is -2.19. The third-order valence-corrected chi connectivity index (χ3v) is 8.52. The molecule has 0 heterocycles. The van der Waals surface area contributed by atoms with Gasteiger partial charge in [-0.3, -0.25) is 0 Å². The molecule has 7 nitrogen and oxygen atoms in total. The molecule has 0 spiro atoms. The lowest BCUT2D eigenvalue weighted by atomic mass is 10.2. The smallest absolute Gasteiger partial charge is 0.207 e. The maximum absolute atomic E-state index is 13.0. The fourth-order valence-corrected chi connectivity index (χ4v) is 5.45. The van der Waals surface area contributed by atoms with Gasteiger partial charge < -0.3 is 0 Å². The topological polar surface area (TPSA) is 98.5 Å². The first-order valence-electron chi connectivity index (χ1n) is 10.5. The summed E-state index contributed by atoms with van der Waals surface area (Å²) in [6, 6.07) is 14.9. The summed E-state index contributed by atoms with van der Waals surface area (Å²) in [5, 5.41) is 8.94. The van der Waals surface area contributed by atoms with Crippen molar-refractivity contribution in [3.8, 4) is 29.8 Å². The van der Waals surface area contributed by atoms with E-state index in [9.17, 15) is 16.8 Å². The van der Waals surface area contributed by atoms with E-state index in [-0.39, 0.29) is 42.4 Å². The molecule has 34 heavy (non-hydrogen) atoms. The first kappa shape index (κ1) is 27.1. The number of nitrogens with zero attached hydrogens (tertiary/aromatic N) is 3. The molecule has 2 rings (SSSR count). The fraction of sp³-hybridized carbons (Fsp3) is 0.320. The van der Waals surface area contributed by atoms with E-state index in [0.29, 0.717) is 0 Å². The highest BCUT2D eigenvalue weighted by atomic mass is 32.2. The van der Waals surface area contributed by atoms with Crippen LogP contribution in [0.3, 0.4) is 0 Å². The molecule has 0 aliphatic heterocycles. The van der Waals surface area contributed by atoms with E-state index < -0.39 is 20.0 Å². The summed E-state index contributed by atoms with van der Waals surface area (Å²) in [5.74, 6) is 10.9. The number of nitriles is 1. The summed E-state index contributed by atoms with van der Waals surface area (Å²) in [6.45, 7) is 4.96. The largest absolute Gasteiger partial charge is 0.244 e. The van der Waals surface area contributed by atoms with E-state index in [0.717, 1.165) is 19.7 Å². The number of sulfonamides is 2. The van der Waals surface area contributed by atoms with Crippen molar-refractivity contribution in [1.29, 1.82) is 5.26 Å². The molecule has 0 fully saturated rings. The fourth-order valence-electron chi connectivity index (χ4n) is 2.86. The average Bonchev–Trinajstić information content (AvgIpc) is 2.80. The Balaban J connectivity index is 2.25. The Kier molecular flexibility index (Phi) is 9.86. The SMILES string of the molecule is CC#CCN(CC#CCN(CCC#N)S(=O)(=O)c1ccc(C)cc1)S(=O)(=O)c1ccc(C)cc1. The van der Waals surface area contributed by atoms with Crippen LogP contribution in [-0.2, 0) is 20.0 Å².